The maximum Gasteiger partial charge on any atom is 0.230 e. The van der Waals surface area contributed by atoms with E-state index in [9.17, 15) is 4.79 Å². The zero-order valence-corrected chi connectivity index (χ0v) is 16.1. The standard InChI is InChI=1S/C20H23N5OS/c1-11(15-9-12-6-7-13(15)8-12)21-17(26)10-27-20-23-19-18(24-25-20)14-4-2-3-5-16(14)22-19/h2-5,11-13,15H,6-10H2,1H3,(H,21,26)(H,22,23,25)/t11-,12-,13-,15+/m0/s1. The van der Waals surface area contributed by atoms with Gasteiger partial charge in [0.05, 0.1) is 5.75 Å². The molecule has 140 valence electrons. The summed E-state index contributed by atoms with van der Waals surface area (Å²) in [5.41, 5.74) is 2.47. The van der Waals surface area contributed by atoms with Crippen LogP contribution in [0.3, 0.4) is 0 Å². The minimum Gasteiger partial charge on any atom is -0.353 e. The van der Waals surface area contributed by atoms with E-state index >= 15 is 0 Å². The van der Waals surface area contributed by atoms with E-state index < -0.39 is 0 Å². The van der Waals surface area contributed by atoms with Gasteiger partial charge in [-0.1, -0.05) is 36.4 Å². The monoisotopic (exact) mass is 381 g/mol. The fourth-order valence-corrected chi connectivity index (χ4v) is 5.60. The van der Waals surface area contributed by atoms with Gasteiger partial charge in [-0.05, 0) is 50.0 Å². The topological polar surface area (TPSA) is 83.6 Å². The Kier molecular flexibility index (Phi) is 4.27. The number of aromatic nitrogens is 4. The Labute approximate surface area is 161 Å². The van der Waals surface area contributed by atoms with Crippen LogP contribution in [0.5, 0.6) is 0 Å². The SMILES string of the molecule is C[C@H](NC(=O)CSc1nnc2c(n1)[nH]c1ccccc12)[C@H]1C[C@H]2CC[C@H]1C2. The van der Waals surface area contributed by atoms with Crippen LogP contribution in [-0.4, -0.2) is 37.9 Å². The van der Waals surface area contributed by atoms with Gasteiger partial charge in [-0.2, -0.15) is 0 Å². The minimum atomic E-state index is 0.0515. The van der Waals surface area contributed by atoms with Crippen molar-refractivity contribution in [3.05, 3.63) is 24.3 Å². The Balaban J connectivity index is 1.21. The molecule has 2 N–H and O–H groups in total. The molecule has 3 aromatic rings. The van der Waals surface area contributed by atoms with Crippen molar-refractivity contribution in [3.63, 3.8) is 0 Å². The fraction of sp³-hybridized carbons (Fsp3) is 0.500. The maximum atomic E-state index is 12.4. The van der Waals surface area contributed by atoms with Gasteiger partial charge in [0.25, 0.3) is 0 Å². The number of carbonyl (C=O) groups excluding carboxylic acids is 1. The van der Waals surface area contributed by atoms with E-state index in [1.165, 1.54) is 37.4 Å². The predicted octanol–water partition coefficient (Wildman–Crippen LogP) is 3.54. The quantitative estimate of drug-likeness (QED) is 0.661. The highest BCUT2D eigenvalue weighted by molar-refractivity contribution is 7.99. The summed E-state index contributed by atoms with van der Waals surface area (Å²) in [7, 11) is 0. The molecular weight excluding hydrogens is 358 g/mol. The summed E-state index contributed by atoms with van der Waals surface area (Å²) in [4.78, 5) is 20.2. The second kappa shape index (κ2) is 6.78. The molecule has 27 heavy (non-hydrogen) atoms. The molecule has 2 bridgehead atoms. The number of nitrogens with zero attached hydrogens (tertiary/aromatic N) is 3. The van der Waals surface area contributed by atoms with Gasteiger partial charge in [0, 0.05) is 16.9 Å². The van der Waals surface area contributed by atoms with E-state index in [-0.39, 0.29) is 11.9 Å². The predicted molar refractivity (Wildman–Crippen MR) is 106 cm³/mol. The van der Waals surface area contributed by atoms with Gasteiger partial charge in [-0.15, -0.1) is 10.2 Å². The summed E-state index contributed by atoms with van der Waals surface area (Å²) in [5, 5.41) is 13.2. The highest BCUT2D eigenvalue weighted by Gasteiger charge is 2.42. The smallest absolute Gasteiger partial charge is 0.230 e. The molecular formula is C20H23N5OS. The van der Waals surface area contributed by atoms with Gasteiger partial charge >= 0.3 is 0 Å². The Bertz CT molecular complexity index is 1000. The number of fused-ring (bicyclic) bond motifs is 5. The molecule has 2 aliphatic carbocycles. The van der Waals surface area contributed by atoms with E-state index in [2.05, 4.69) is 32.4 Å². The van der Waals surface area contributed by atoms with Crippen LogP contribution in [0.15, 0.2) is 29.4 Å². The molecule has 2 aromatic heterocycles. The molecule has 0 radical (unpaired) electrons. The van der Waals surface area contributed by atoms with Gasteiger partial charge in [0.2, 0.25) is 11.1 Å². The Morgan fingerprint density at radius 3 is 3.00 bits per heavy atom. The second-order valence-corrected chi connectivity index (χ2v) is 8.89. The largest absolute Gasteiger partial charge is 0.353 e. The molecule has 1 aromatic carbocycles. The van der Waals surface area contributed by atoms with Gasteiger partial charge in [-0.3, -0.25) is 4.79 Å². The molecule has 4 atom stereocenters. The number of hydrogen-bond donors (Lipinski definition) is 2. The van der Waals surface area contributed by atoms with Gasteiger partial charge in [0.1, 0.15) is 5.52 Å². The number of para-hydroxylation sites is 1. The van der Waals surface area contributed by atoms with Crippen LogP contribution in [0.4, 0.5) is 0 Å². The number of rotatable bonds is 5. The number of carbonyl (C=O) groups is 1. The number of aromatic amines is 1. The highest BCUT2D eigenvalue weighted by Crippen LogP contribution is 2.49. The van der Waals surface area contributed by atoms with E-state index in [4.69, 9.17) is 0 Å². The molecule has 2 heterocycles. The first-order valence-corrected chi connectivity index (χ1v) is 10.7. The van der Waals surface area contributed by atoms with Gasteiger partial charge < -0.3 is 10.3 Å². The average molecular weight is 382 g/mol. The van der Waals surface area contributed by atoms with Crippen molar-refractivity contribution in [1.82, 2.24) is 25.5 Å². The molecule has 0 saturated heterocycles. The summed E-state index contributed by atoms with van der Waals surface area (Å²) >= 11 is 1.34. The summed E-state index contributed by atoms with van der Waals surface area (Å²) < 4.78 is 0. The van der Waals surface area contributed by atoms with Crippen molar-refractivity contribution in [2.45, 2.75) is 43.8 Å². The van der Waals surface area contributed by atoms with Crippen LogP contribution >= 0.6 is 11.8 Å². The summed E-state index contributed by atoms with van der Waals surface area (Å²) in [6.07, 6.45) is 5.37. The van der Waals surface area contributed by atoms with Gasteiger partial charge in [0.15, 0.2) is 5.65 Å². The molecule has 6 nitrogen and oxygen atoms in total. The van der Waals surface area contributed by atoms with Crippen molar-refractivity contribution in [2.24, 2.45) is 17.8 Å². The lowest BCUT2D eigenvalue weighted by Crippen LogP contribution is -2.40. The van der Waals surface area contributed by atoms with E-state index in [0.29, 0.717) is 22.5 Å². The molecule has 0 spiro atoms. The maximum absolute atomic E-state index is 12.4. The number of H-pyrrole nitrogens is 1. The number of amides is 1. The summed E-state index contributed by atoms with van der Waals surface area (Å²) in [6.45, 7) is 2.16. The van der Waals surface area contributed by atoms with Crippen molar-refractivity contribution < 1.29 is 4.79 Å². The van der Waals surface area contributed by atoms with Crippen LogP contribution in [0.25, 0.3) is 22.1 Å². The van der Waals surface area contributed by atoms with Crippen LogP contribution in [0.2, 0.25) is 0 Å². The normalized spacial score (nSPS) is 25.3. The number of hydrogen-bond acceptors (Lipinski definition) is 5. The molecule has 2 fully saturated rings. The van der Waals surface area contributed by atoms with Crippen LogP contribution < -0.4 is 5.32 Å². The van der Waals surface area contributed by atoms with E-state index in [0.717, 1.165) is 28.3 Å². The molecule has 5 rings (SSSR count). The molecule has 7 heteroatoms. The number of nitrogens with one attached hydrogen (secondary N) is 2. The summed E-state index contributed by atoms with van der Waals surface area (Å²) in [6, 6.07) is 8.20. The van der Waals surface area contributed by atoms with Crippen LogP contribution in [-0.2, 0) is 4.79 Å². The molecule has 2 saturated carbocycles. The van der Waals surface area contributed by atoms with Gasteiger partial charge in [-0.25, -0.2) is 4.98 Å². The number of benzene rings is 1. The second-order valence-electron chi connectivity index (χ2n) is 7.95. The average Bonchev–Trinajstić information content (AvgIpc) is 3.39. The molecule has 0 aliphatic heterocycles. The van der Waals surface area contributed by atoms with E-state index in [1.807, 2.05) is 24.3 Å². The third-order valence-electron chi connectivity index (χ3n) is 6.26. The third kappa shape index (κ3) is 3.18. The first-order valence-electron chi connectivity index (χ1n) is 9.70. The highest BCUT2D eigenvalue weighted by atomic mass is 32.2. The molecule has 0 unspecified atom stereocenters. The Morgan fingerprint density at radius 2 is 2.19 bits per heavy atom. The number of thioether (sulfide) groups is 1. The van der Waals surface area contributed by atoms with Crippen molar-refractivity contribution in [3.8, 4) is 0 Å². The van der Waals surface area contributed by atoms with Crippen LogP contribution in [0, 0.1) is 17.8 Å². The lowest BCUT2D eigenvalue weighted by Gasteiger charge is -2.28. The first-order chi connectivity index (χ1) is 13.2. The zero-order valence-electron chi connectivity index (χ0n) is 15.3. The lowest BCUT2D eigenvalue weighted by molar-refractivity contribution is -0.119. The minimum absolute atomic E-state index is 0.0515. The molecule has 2 aliphatic rings. The third-order valence-corrected chi connectivity index (χ3v) is 7.10. The molecule has 1 amide bonds. The van der Waals surface area contributed by atoms with Crippen molar-refractivity contribution >= 4 is 39.7 Å². The Morgan fingerprint density at radius 1 is 1.30 bits per heavy atom. The first kappa shape index (κ1) is 17.0. The Hall–Kier alpha value is -2.15. The van der Waals surface area contributed by atoms with E-state index in [1.54, 1.807) is 0 Å². The fourth-order valence-electron chi connectivity index (χ4n) is 5.01. The summed E-state index contributed by atoms with van der Waals surface area (Å²) in [5.74, 6) is 2.73. The van der Waals surface area contributed by atoms with Crippen molar-refractivity contribution in [2.75, 3.05) is 5.75 Å². The van der Waals surface area contributed by atoms with Crippen LogP contribution in [0.1, 0.15) is 32.6 Å². The lowest BCUT2D eigenvalue weighted by atomic mass is 9.84. The zero-order chi connectivity index (χ0) is 18.4. The van der Waals surface area contributed by atoms with Crippen molar-refractivity contribution in [1.29, 1.82) is 0 Å².